The van der Waals surface area contributed by atoms with Crippen LogP contribution in [0.1, 0.15) is 33.9 Å². The fourth-order valence-electron chi connectivity index (χ4n) is 3.02. The van der Waals surface area contributed by atoms with Crippen molar-refractivity contribution in [2.45, 2.75) is 18.9 Å². The summed E-state index contributed by atoms with van der Waals surface area (Å²) in [6.07, 6.45) is 3.44. The minimum absolute atomic E-state index is 0.0586. The Balaban J connectivity index is 2.14. The van der Waals surface area contributed by atoms with Gasteiger partial charge in [0.05, 0.1) is 6.04 Å². The minimum Gasteiger partial charge on any atom is -0.477 e. The molecule has 1 aromatic heterocycles. The van der Waals surface area contributed by atoms with E-state index < -0.39 is 11.5 Å². The highest BCUT2D eigenvalue weighted by Crippen LogP contribution is 2.32. The summed E-state index contributed by atoms with van der Waals surface area (Å²) in [6, 6.07) is 9.00. The second kappa shape index (κ2) is 4.67. The van der Waals surface area contributed by atoms with Crippen molar-refractivity contribution in [2.24, 2.45) is 0 Å². The molecule has 1 aliphatic rings. The molecule has 0 bridgehead atoms. The number of nitrogens with zero attached hydrogens (tertiary/aromatic N) is 1. The fourth-order valence-corrected chi connectivity index (χ4v) is 3.02. The Labute approximate surface area is 117 Å². The first kappa shape index (κ1) is 12.7. The topological polar surface area (TPSA) is 59.3 Å². The molecule has 0 fully saturated rings. The Kier molecular flexibility index (Phi) is 2.97. The molecule has 0 spiro atoms. The van der Waals surface area contributed by atoms with E-state index in [4.69, 9.17) is 5.11 Å². The molecule has 1 heterocycles. The predicted octanol–water partition coefficient (Wildman–Crippen LogP) is 0.340. The van der Waals surface area contributed by atoms with Crippen LogP contribution in [0.4, 0.5) is 0 Å². The van der Waals surface area contributed by atoms with E-state index in [9.17, 15) is 9.59 Å². The van der Waals surface area contributed by atoms with Crippen LogP contribution in [-0.4, -0.2) is 23.5 Å². The molecule has 0 radical (unpaired) electrons. The van der Waals surface area contributed by atoms with Gasteiger partial charge in [0, 0.05) is 6.20 Å². The zero-order valence-electron chi connectivity index (χ0n) is 11.2. The van der Waals surface area contributed by atoms with E-state index in [1.165, 1.54) is 17.1 Å². The third kappa shape index (κ3) is 1.86. The summed E-state index contributed by atoms with van der Waals surface area (Å²) in [5.74, 6) is -1.17. The molecular formula is C15H14BNO3. The minimum atomic E-state index is -1.17. The van der Waals surface area contributed by atoms with E-state index in [1.807, 2.05) is 12.1 Å². The highest BCUT2D eigenvalue weighted by Gasteiger charge is 2.26. The van der Waals surface area contributed by atoms with Crippen molar-refractivity contribution in [2.75, 3.05) is 0 Å². The van der Waals surface area contributed by atoms with Crippen molar-refractivity contribution < 1.29 is 9.90 Å². The van der Waals surface area contributed by atoms with Crippen molar-refractivity contribution in [3.05, 3.63) is 63.6 Å². The molecule has 1 aromatic carbocycles. The second-order valence-corrected chi connectivity index (χ2v) is 5.14. The molecule has 5 heteroatoms. The van der Waals surface area contributed by atoms with E-state index >= 15 is 0 Å². The zero-order valence-corrected chi connectivity index (χ0v) is 11.2. The number of carboxylic acid groups (broad SMARTS) is 1. The second-order valence-electron chi connectivity index (χ2n) is 5.14. The number of aromatic carboxylic acids is 1. The highest BCUT2D eigenvalue weighted by molar-refractivity contribution is 6.33. The van der Waals surface area contributed by atoms with E-state index in [1.54, 1.807) is 16.8 Å². The van der Waals surface area contributed by atoms with E-state index in [0.717, 1.165) is 18.4 Å². The monoisotopic (exact) mass is 267 g/mol. The van der Waals surface area contributed by atoms with Crippen LogP contribution in [0.5, 0.6) is 0 Å². The van der Waals surface area contributed by atoms with Gasteiger partial charge in [-0.15, -0.1) is 0 Å². The smallest absolute Gasteiger partial charge is 0.341 e. The molecule has 4 nitrogen and oxygen atoms in total. The van der Waals surface area contributed by atoms with Gasteiger partial charge in [0.25, 0.3) is 5.56 Å². The van der Waals surface area contributed by atoms with Crippen LogP contribution >= 0.6 is 0 Å². The van der Waals surface area contributed by atoms with E-state index in [0.29, 0.717) is 0 Å². The molecule has 0 aliphatic heterocycles. The lowest BCUT2D eigenvalue weighted by molar-refractivity contribution is 0.0694. The Morgan fingerprint density at radius 2 is 2.10 bits per heavy atom. The normalized spacial score (nSPS) is 16.9. The van der Waals surface area contributed by atoms with Gasteiger partial charge in [-0.3, -0.25) is 4.79 Å². The van der Waals surface area contributed by atoms with E-state index in [2.05, 4.69) is 13.9 Å². The third-order valence-electron chi connectivity index (χ3n) is 4.01. The standard InChI is InChI=1S/C15H14BNO3/c16-12-5-1-3-10-9(12)6-7-13(10)17-8-2-4-11(14(17)18)15(19)20/h1-5,8,13H,6-7,16H2,(H,19,20). The number of hydrogen-bond donors (Lipinski definition) is 1. The first-order valence-corrected chi connectivity index (χ1v) is 6.62. The molecule has 0 saturated heterocycles. The summed E-state index contributed by atoms with van der Waals surface area (Å²) < 4.78 is 1.55. The van der Waals surface area contributed by atoms with Gasteiger partial charge >= 0.3 is 5.97 Å². The van der Waals surface area contributed by atoms with Crippen LogP contribution in [0.3, 0.4) is 0 Å². The number of rotatable bonds is 2. The molecule has 1 N–H and O–H groups in total. The summed E-state index contributed by atoms with van der Waals surface area (Å²) in [5.41, 5.74) is 3.04. The van der Waals surface area contributed by atoms with Crippen LogP contribution in [0.2, 0.25) is 0 Å². The Morgan fingerprint density at radius 1 is 1.30 bits per heavy atom. The lowest BCUT2D eigenvalue weighted by Crippen LogP contribution is -2.28. The van der Waals surface area contributed by atoms with Gasteiger partial charge in [0.2, 0.25) is 0 Å². The largest absolute Gasteiger partial charge is 0.477 e. The molecule has 1 atom stereocenters. The molecule has 100 valence electrons. The number of carboxylic acids is 1. The molecular weight excluding hydrogens is 253 g/mol. The highest BCUT2D eigenvalue weighted by atomic mass is 16.4. The van der Waals surface area contributed by atoms with Gasteiger partial charge in [-0.25, -0.2) is 4.79 Å². The number of aromatic nitrogens is 1. The molecule has 1 unspecified atom stereocenters. The SMILES string of the molecule is Bc1cccc2c1CCC2n1cccc(C(=O)O)c1=O. The molecule has 3 rings (SSSR count). The maximum absolute atomic E-state index is 12.3. The maximum atomic E-state index is 12.3. The summed E-state index contributed by atoms with van der Waals surface area (Å²) in [7, 11) is 2.07. The number of hydrogen-bond acceptors (Lipinski definition) is 2. The molecule has 20 heavy (non-hydrogen) atoms. The van der Waals surface area contributed by atoms with Crippen molar-refractivity contribution >= 4 is 19.3 Å². The van der Waals surface area contributed by atoms with Gasteiger partial charge in [-0.1, -0.05) is 23.7 Å². The Hall–Kier alpha value is -2.30. The van der Waals surface area contributed by atoms with Crippen molar-refractivity contribution in [3.8, 4) is 0 Å². The molecule has 2 aromatic rings. The molecule has 1 aliphatic carbocycles. The predicted molar refractivity (Wildman–Crippen MR) is 78.7 cm³/mol. The van der Waals surface area contributed by atoms with Crippen LogP contribution in [-0.2, 0) is 6.42 Å². The number of fused-ring (bicyclic) bond motifs is 1. The Morgan fingerprint density at radius 3 is 2.85 bits per heavy atom. The molecule has 0 amide bonds. The summed E-state index contributed by atoms with van der Waals surface area (Å²) in [5, 5.41) is 9.06. The van der Waals surface area contributed by atoms with Crippen molar-refractivity contribution in [1.29, 1.82) is 0 Å². The molecule has 0 saturated carbocycles. The van der Waals surface area contributed by atoms with Crippen LogP contribution in [0.15, 0.2) is 41.3 Å². The van der Waals surface area contributed by atoms with Gasteiger partial charge in [-0.2, -0.15) is 0 Å². The first-order valence-electron chi connectivity index (χ1n) is 6.62. The zero-order chi connectivity index (χ0) is 14.3. The lowest BCUT2D eigenvalue weighted by Gasteiger charge is -2.16. The average molecular weight is 267 g/mol. The van der Waals surface area contributed by atoms with Crippen LogP contribution in [0.25, 0.3) is 0 Å². The number of carbonyl (C=O) groups is 1. The lowest BCUT2D eigenvalue weighted by atomic mass is 9.88. The summed E-state index contributed by atoms with van der Waals surface area (Å²) >= 11 is 0. The maximum Gasteiger partial charge on any atom is 0.341 e. The average Bonchev–Trinajstić information content (AvgIpc) is 2.84. The first-order chi connectivity index (χ1) is 9.59. The van der Waals surface area contributed by atoms with Gasteiger partial charge in [0.15, 0.2) is 0 Å². The number of benzene rings is 1. The van der Waals surface area contributed by atoms with Crippen LogP contribution < -0.4 is 11.0 Å². The van der Waals surface area contributed by atoms with Gasteiger partial charge < -0.3 is 9.67 Å². The van der Waals surface area contributed by atoms with Crippen LogP contribution in [0, 0.1) is 0 Å². The summed E-state index contributed by atoms with van der Waals surface area (Å²) in [6.45, 7) is 0. The fraction of sp³-hybridized carbons (Fsp3) is 0.200. The van der Waals surface area contributed by atoms with Gasteiger partial charge in [0.1, 0.15) is 13.4 Å². The third-order valence-corrected chi connectivity index (χ3v) is 4.01. The van der Waals surface area contributed by atoms with Gasteiger partial charge in [-0.05, 0) is 36.1 Å². The number of pyridine rings is 1. The Bertz CT molecular complexity index is 751. The van der Waals surface area contributed by atoms with Crippen molar-refractivity contribution in [3.63, 3.8) is 0 Å². The van der Waals surface area contributed by atoms with Crippen molar-refractivity contribution in [1.82, 2.24) is 4.57 Å². The van der Waals surface area contributed by atoms with E-state index in [-0.39, 0.29) is 11.6 Å². The quantitative estimate of drug-likeness (QED) is 0.798. The summed E-state index contributed by atoms with van der Waals surface area (Å²) in [4.78, 5) is 23.3.